The zero-order valence-corrected chi connectivity index (χ0v) is 10.5. The maximum Gasteiger partial charge on any atom is 0.325 e. The van der Waals surface area contributed by atoms with E-state index in [9.17, 15) is 14.9 Å². The molecule has 9 heteroatoms. The number of carboxylic acids is 1. The Balaban J connectivity index is 2.25. The summed E-state index contributed by atoms with van der Waals surface area (Å²) in [6.07, 6.45) is 1.34. The number of rotatable bonds is 3. The molecule has 8 nitrogen and oxygen atoms in total. The van der Waals surface area contributed by atoms with Crippen molar-refractivity contribution in [3.63, 3.8) is 0 Å². The van der Waals surface area contributed by atoms with Gasteiger partial charge in [0.05, 0.1) is 9.95 Å². The molecule has 0 radical (unpaired) electrons. The lowest BCUT2D eigenvalue weighted by molar-refractivity contribution is -0.385. The Bertz CT molecular complexity index is 552. The number of carbonyl (C=O) groups is 1. The summed E-state index contributed by atoms with van der Waals surface area (Å²) in [5, 5.41) is 19.7. The molecule has 0 spiro atoms. The highest BCUT2D eigenvalue weighted by atomic mass is 35.5. The third-order valence-corrected chi connectivity index (χ3v) is 3.32. The van der Waals surface area contributed by atoms with E-state index < -0.39 is 16.4 Å². The first kappa shape index (κ1) is 13.5. The van der Waals surface area contributed by atoms with Gasteiger partial charge in [-0.15, -0.1) is 0 Å². The van der Waals surface area contributed by atoms with Crippen LogP contribution in [-0.4, -0.2) is 39.6 Å². The van der Waals surface area contributed by atoms with Gasteiger partial charge in [0, 0.05) is 19.2 Å². The van der Waals surface area contributed by atoms with Crippen molar-refractivity contribution in [2.45, 2.75) is 12.0 Å². The van der Waals surface area contributed by atoms with Gasteiger partial charge in [0.2, 0.25) is 0 Å². The van der Waals surface area contributed by atoms with Gasteiger partial charge in [-0.25, -0.2) is 4.98 Å². The number of nitrogens with two attached hydrogens (primary N) is 1. The minimum absolute atomic E-state index is 0.0624. The van der Waals surface area contributed by atoms with Gasteiger partial charge in [0.25, 0.3) is 5.69 Å². The Morgan fingerprint density at radius 3 is 2.84 bits per heavy atom. The van der Waals surface area contributed by atoms with E-state index in [1.165, 1.54) is 6.07 Å². The largest absolute Gasteiger partial charge is 0.480 e. The van der Waals surface area contributed by atoms with E-state index in [2.05, 4.69) is 4.98 Å². The van der Waals surface area contributed by atoms with E-state index in [4.69, 9.17) is 22.4 Å². The van der Waals surface area contributed by atoms with Gasteiger partial charge >= 0.3 is 5.97 Å². The number of aromatic nitrogens is 1. The normalized spacial score (nSPS) is 22.5. The summed E-state index contributed by atoms with van der Waals surface area (Å²) < 4.78 is 0. The molecule has 0 saturated carbocycles. The monoisotopic (exact) mass is 286 g/mol. The van der Waals surface area contributed by atoms with Gasteiger partial charge in [-0.1, -0.05) is 11.6 Å². The van der Waals surface area contributed by atoms with Crippen molar-refractivity contribution >= 4 is 29.1 Å². The standard InChI is InChI=1S/C10H11ClN4O4/c11-7-3-6(15(18)19)4-13-8(7)14-2-1-10(12,5-14)9(16)17/h3-4H,1-2,5,12H2,(H,16,17). The van der Waals surface area contributed by atoms with E-state index in [1.54, 1.807) is 4.90 Å². The molecule has 1 aromatic rings. The molecule has 0 aliphatic carbocycles. The maximum absolute atomic E-state index is 11.0. The first-order valence-corrected chi connectivity index (χ1v) is 5.78. The van der Waals surface area contributed by atoms with Crippen molar-refractivity contribution in [1.82, 2.24) is 4.98 Å². The topological polar surface area (TPSA) is 123 Å². The first-order valence-electron chi connectivity index (χ1n) is 5.41. The van der Waals surface area contributed by atoms with Crippen molar-refractivity contribution in [3.8, 4) is 0 Å². The second-order valence-corrected chi connectivity index (χ2v) is 4.80. The number of nitro groups is 1. The first-order chi connectivity index (χ1) is 8.83. The van der Waals surface area contributed by atoms with Crippen LogP contribution in [0, 0.1) is 10.1 Å². The summed E-state index contributed by atoms with van der Waals surface area (Å²) in [4.78, 5) is 26.5. The molecule has 1 unspecified atom stereocenters. The van der Waals surface area contributed by atoms with E-state index in [1.807, 2.05) is 0 Å². The summed E-state index contributed by atoms with van der Waals surface area (Å²) in [5.74, 6) is -0.783. The van der Waals surface area contributed by atoms with Gasteiger partial charge in [-0.3, -0.25) is 14.9 Å². The predicted molar refractivity (Wildman–Crippen MR) is 67.3 cm³/mol. The summed E-state index contributed by atoms with van der Waals surface area (Å²) in [7, 11) is 0. The molecule has 2 heterocycles. The molecule has 1 atom stereocenters. The number of halogens is 1. The van der Waals surface area contributed by atoms with Crippen molar-refractivity contribution in [2.75, 3.05) is 18.0 Å². The average molecular weight is 287 g/mol. The molecule has 102 valence electrons. The van der Waals surface area contributed by atoms with Crippen LogP contribution in [0.5, 0.6) is 0 Å². The third-order valence-electron chi connectivity index (χ3n) is 3.04. The van der Waals surface area contributed by atoms with Crippen LogP contribution in [0.15, 0.2) is 12.3 Å². The summed E-state index contributed by atoms with van der Waals surface area (Å²) in [6, 6.07) is 1.18. The number of anilines is 1. The van der Waals surface area contributed by atoms with E-state index in [0.717, 1.165) is 6.20 Å². The van der Waals surface area contributed by atoms with Crippen LogP contribution in [0.1, 0.15) is 6.42 Å². The van der Waals surface area contributed by atoms with Gasteiger partial charge in [-0.05, 0) is 6.42 Å². The summed E-state index contributed by atoms with van der Waals surface area (Å²) >= 11 is 5.93. The minimum Gasteiger partial charge on any atom is -0.480 e. The Morgan fingerprint density at radius 2 is 2.37 bits per heavy atom. The van der Waals surface area contributed by atoms with Crippen molar-refractivity contribution in [2.24, 2.45) is 5.73 Å². The molecular formula is C10H11ClN4O4. The smallest absolute Gasteiger partial charge is 0.325 e. The van der Waals surface area contributed by atoms with Crippen LogP contribution in [0.25, 0.3) is 0 Å². The van der Waals surface area contributed by atoms with Crippen LogP contribution < -0.4 is 10.6 Å². The fourth-order valence-electron chi connectivity index (χ4n) is 1.94. The summed E-state index contributed by atoms with van der Waals surface area (Å²) in [6.45, 7) is 0.445. The van der Waals surface area contributed by atoms with Crippen LogP contribution >= 0.6 is 11.6 Å². The quantitative estimate of drug-likeness (QED) is 0.617. The lowest BCUT2D eigenvalue weighted by Crippen LogP contribution is -2.50. The number of nitrogens with zero attached hydrogens (tertiary/aromatic N) is 3. The molecular weight excluding hydrogens is 276 g/mol. The van der Waals surface area contributed by atoms with Crippen molar-refractivity contribution in [1.29, 1.82) is 0 Å². The van der Waals surface area contributed by atoms with Gasteiger partial charge in [0.15, 0.2) is 0 Å². The number of hydrogen-bond donors (Lipinski definition) is 2. The summed E-state index contributed by atoms with van der Waals surface area (Å²) in [5.41, 5.74) is 4.18. The minimum atomic E-state index is -1.34. The third kappa shape index (κ3) is 2.45. The van der Waals surface area contributed by atoms with E-state index >= 15 is 0 Å². The molecule has 0 bridgehead atoms. The number of hydrogen-bond acceptors (Lipinski definition) is 6. The number of carboxylic acid groups (broad SMARTS) is 1. The Labute approximate surface area is 112 Å². The molecule has 3 N–H and O–H groups in total. The fraction of sp³-hybridized carbons (Fsp3) is 0.400. The highest BCUT2D eigenvalue weighted by Crippen LogP contribution is 2.31. The Hall–Kier alpha value is -1.93. The van der Waals surface area contributed by atoms with Crippen molar-refractivity contribution in [3.05, 3.63) is 27.4 Å². The molecule has 1 aliphatic heterocycles. The molecule has 19 heavy (non-hydrogen) atoms. The van der Waals surface area contributed by atoms with E-state index in [-0.39, 0.29) is 23.7 Å². The molecule has 2 rings (SSSR count). The van der Waals surface area contributed by atoms with Crippen LogP contribution in [0.4, 0.5) is 11.5 Å². The number of pyridine rings is 1. The predicted octanol–water partition coefficient (Wildman–Crippen LogP) is 0.635. The zero-order valence-electron chi connectivity index (χ0n) is 9.74. The lowest BCUT2D eigenvalue weighted by Gasteiger charge is -2.21. The van der Waals surface area contributed by atoms with Crippen LogP contribution in [0.2, 0.25) is 5.02 Å². The zero-order chi connectivity index (χ0) is 14.2. The lowest BCUT2D eigenvalue weighted by atomic mass is 10.0. The van der Waals surface area contributed by atoms with Crippen LogP contribution in [-0.2, 0) is 4.79 Å². The van der Waals surface area contributed by atoms with Gasteiger partial charge < -0.3 is 15.7 Å². The Morgan fingerprint density at radius 1 is 1.68 bits per heavy atom. The molecule has 1 aliphatic rings. The molecule has 0 amide bonds. The Kier molecular flexibility index (Phi) is 3.29. The SMILES string of the molecule is NC1(C(=O)O)CCN(c2ncc([N+](=O)[O-])cc2Cl)C1. The molecule has 1 saturated heterocycles. The van der Waals surface area contributed by atoms with Gasteiger partial charge in [0.1, 0.15) is 17.6 Å². The van der Waals surface area contributed by atoms with Crippen molar-refractivity contribution < 1.29 is 14.8 Å². The second-order valence-electron chi connectivity index (χ2n) is 4.39. The molecule has 0 aromatic carbocycles. The van der Waals surface area contributed by atoms with Crippen LogP contribution in [0.3, 0.4) is 0 Å². The average Bonchev–Trinajstić information content (AvgIpc) is 2.73. The van der Waals surface area contributed by atoms with Gasteiger partial charge in [-0.2, -0.15) is 0 Å². The maximum atomic E-state index is 11.0. The molecule has 1 fully saturated rings. The fourth-order valence-corrected chi connectivity index (χ4v) is 2.22. The van der Waals surface area contributed by atoms with E-state index in [0.29, 0.717) is 12.4 Å². The highest BCUT2D eigenvalue weighted by Gasteiger charge is 2.42. The second kappa shape index (κ2) is 4.63. The highest BCUT2D eigenvalue weighted by molar-refractivity contribution is 6.33. The number of aliphatic carboxylic acids is 1. The molecule has 1 aromatic heterocycles.